The van der Waals surface area contributed by atoms with Crippen molar-refractivity contribution in [2.75, 3.05) is 19.7 Å². The van der Waals surface area contributed by atoms with Gasteiger partial charge in [0.2, 0.25) is 0 Å². The van der Waals surface area contributed by atoms with Gasteiger partial charge in [0.25, 0.3) is 5.91 Å². The highest BCUT2D eigenvalue weighted by Gasteiger charge is 2.22. The van der Waals surface area contributed by atoms with Crippen LogP contribution in [0.3, 0.4) is 0 Å². The highest BCUT2D eigenvalue weighted by Crippen LogP contribution is 2.26. The number of nitrogens with zero attached hydrogens (tertiary/aromatic N) is 1. The van der Waals surface area contributed by atoms with Crippen LogP contribution in [0.25, 0.3) is 11.0 Å². The Labute approximate surface area is 110 Å². The molecule has 1 amide bonds. The van der Waals surface area contributed by atoms with Crippen molar-refractivity contribution in [1.82, 2.24) is 4.90 Å². The summed E-state index contributed by atoms with van der Waals surface area (Å²) in [5, 5.41) is 9.54. The van der Waals surface area contributed by atoms with Gasteiger partial charge in [-0.05, 0) is 32.0 Å². The van der Waals surface area contributed by atoms with E-state index >= 15 is 0 Å². The molecule has 2 aromatic rings. The molecule has 0 aliphatic heterocycles. The quantitative estimate of drug-likeness (QED) is 0.923. The minimum atomic E-state index is -0.363. The Hall–Kier alpha value is -1.88. The van der Waals surface area contributed by atoms with Gasteiger partial charge in [-0.2, -0.15) is 0 Å². The lowest BCUT2D eigenvalue weighted by molar-refractivity contribution is 0.0701. The number of carbonyl (C=O) groups excluding carboxylic acids is 1. The number of carbonyl (C=O) groups is 1. The smallest absolute Gasteiger partial charge is 0.289 e. The van der Waals surface area contributed by atoms with Gasteiger partial charge in [-0.3, -0.25) is 4.79 Å². The molecule has 0 radical (unpaired) electrons. The molecule has 19 heavy (non-hydrogen) atoms. The number of hydrogen-bond acceptors (Lipinski definition) is 3. The first kappa shape index (κ1) is 13.5. The molecule has 0 aliphatic rings. The Morgan fingerprint density at radius 2 is 2.21 bits per heavy atom. The fourth-order valence-corrected chi connectivity index (χ4v) is 2.06. The standard InChI is InChI=1S/C14H16FNO3/c1-3-16(6-7-17)14(18)13-9(2)11-8-10(15)4-5-12(11)19-13/h4-5,8,17H,3,6-7H2,1-2H3. The van der Waals surface area contributed by atoms with E-state index in [0.717, 1.165) is 0 Å². The maximum atomic E-state index is 13.2. The minimum absolute atomic E-state index is 0.104. The fourth-order valence-electron chi connectivity index (χ4n) is 2.06. The van der Waals surface area contributed by atoms with Crippen LogP contribution in [0.15, 0.2) is 22.6 Å². The Morgan fingerprint density at radius 1 is 1.47 bits per heavy atom. The number of aliphatic hydroxyl groups is 1. The van der Waals surface area contributed by atoms with Gasteiger partial charge >= 0.3 is 0 Å². The molecule has 2 rings (SSSR count). The van der Waals surface area contributed by atoms with Crippen LogP contribution in [-0.4, -0.2) is 35.6 Å². The molecule has 1 N–H and O–H groups in total. The minimum Gasteiger partial charge on any atom is -0.451 e. The first-order chi connectivity index (χ1) is 9.08. The van der Waals surface area contributed by atoms with Crippen molar-refractivity contribution in [3.05, 3.63) is 35.3 Å². The van der Waals surface area contributed by atoms with Gasteiger partial charge in [-0.15, -0.1) is 0 Å². The van der Waals surface area contributed by atoms with E-state index in [1.54, 1.807) is 6.92 Å². The van der Waals surface area contributed by atoms with Gasteiger partial charge in [0.1, 0.15) is 11.4 Å². The fraction of sp³-hybridized carbons (Fsp3) is 0.357. The number of fused-ring (bicyclic) bond motifs is 1. The number of halogens is 1. The third-order valence-corrected chi connectivity index (χ3v) is 3.13. The average molecular weight is 265 g/mol. The van der Waals surface area contributed by atoms with Crippen LogP contribution in [0.2, 0.25) is 0 Å². The van der Waals surface area contributed by atoms with Crippen molar-refractivity contribution in [2.24, 2.45) is 0 Å². The number of furan rings is 1. The van der Waals surface area contributed by atoms with Crippen LogP contribution in [0.5, 0.6) is 0 Å². The summed E-state index contributed by atoms with van der Waals surface area (Å²) in [5.41, 5.74) is 1.11. The number of hydrogen-bond donors (Lipinski definition) is 1. The van der Waals surface area contributed by atoms with Gasteiger partial charge in [0.05, 0.1) is 6.61 Å². The topological polar surface area (TPSA) is 53.7 Å². The van der Waals surface area contributed by atoms with Gasteiger partial charge in [-0.1, -0.05) is 0 Å². The highest BCUT2D eigenvalue weighted by molar-refractivity contribution is 5.98. The number of amides is 1. The number of rotatable bonds is 4. The lowest BCUT2D eigenvalue weighted by Gasteiger charge is -2.18. The summed E-state index contributed by atoms with van der Waals surface area (Å²) in [4.78, 5) is 13.8. The Bertz CT molecular complexity index is 606. The van der Waals surface area contributed by atoms with Crippen LogP contribution in [0.1, 0.15) is 23.0 Å². The summed E-state index contributed by atoms with van der Waals surface area (Å²) in [7, 11) is 0. The molecular formula is C14H16FNO3. The molecule has 1 aromatic heterocycles. The number of aryl methyl sites for hydroxylation is 1. The first-order valence-electron chi connectivity index (χ1n) is 6.17. The molecule has 0 spiro atoms. The Kier molecular flexibility index (Phi) is 3.85. The van der Waals surface area contributed by atoms with Crippen LogP contribution < -0.4 is 0 Å². The number of likely N-dealkylation sites (N-methyl/N-ethyl adjacent to an activating group) is 1. The summed E-state index contributed by atoms with van der Waals surface area (Å²) in [6.45, 7) is 4.18. The molecule has 1 heterocycles. The zero-order chi connectivity index (χ0) is 14.0. The monoisotopic (exact) mass is 265 g/mol. The van der Waals surface area contributed by atoms with E-state index in [-0.39, 0.29) is 30.6 Å². The number of benzene rings is 1. The predicted octanol–water partition coefficient (Wildman–Crippen LogP) is 2.33. The van der Waals surface area contributed by atoms with Crippen LogP contribution in [0, 0.1) is 12.7 Å². The average Bonchev–Trinajstić information content (AvgIpc) is 2.72. The molecule has 0 unspecified atom stereocenters. The van der Waals surface area contributed by atoms with Gasteiger partial charge in [0.15, 0.2) is 5.76 Å². The van der Waals surface area contributed by atoms with E-state index in [1.165, 1.54) is 23.1 Å². The second-order valence-electron chi connectivity index (χ2n) is 4.31. The maximum Gasteiger partial charge on any atom is 0.289 e. The summed E-state index contributed by atoms with van der Waals surface area (Å²) in [6.07, 6.45) is 0. The molecule has 0 saturated carbocycles. The van der Waals surface area contributed by atoms with Crippen molar-refractivity contribution in [2.45, 2.75) is 13.8 Å². The SMILES string of the molecule is CCN(CCO)C(=O)c1oc2ccc(F)cc2c1C. The lowest BCUT2D eigenvalue weighted by Crippen LogP contribution is -2.33. The molecule has 0 atom stereocenters. The van der Waals surface area contributed by atoms with Gasteiger partial charge < -0.3 is 14.4 Å². The molecule has 0 fully saturated rings. The Morgan fingerprint density at radius 3 is 2.84 bits per heavy atom. The van der Waals surface area contributed by atoms with Gasteiger partial charge in [-0.25, -0.2) is 4.39 Å². The van der Waals surface area contributed by atoms with Crippen LogP contribution in [0.4, 0.5) is 4.39 Å². The van der Waals surface area contributed by atoms with Crippen LogP contribution in [-0.2, 0) is 0 Å². The molecule has 1 aromatic carbocycles. The van der Waals surface area contributed by atoms with Crippen molar-refractivity contribution < 1.29 is 18.7 Å². The zero-order valence-electron chi connectivity index (χ0n) is 10.9. The van der Waals surface area contributed by atoms with Gasteiger partial charge in [0, 0.05) is 24.0 Å². The second-order valence-corrected chi connectivity index (χ2v) is 4.31. The molecular weight excluding hydrogens is 249 g/mol. The van der Waals surface area contributed by atoms with Crippen molar-refractivity contribution >= 4 is 16.9 Å². The summed E-state index contributed by atoms with van der Waals surface area (Å²) in [5.74, 6) is -0.445. The maximum absolute atomic E-state index is 13.2. The zero-order valence-corrected chi connectivity index (χ0v) is 10.9. The van der Waals surface area contributed by atoms with Crippen molar-refractivity contribution in [1.29, 1.82) is 0 Å². The molecule has 102 valence electrons. The summed E-state index contributed by atoms with van der Waals surface area (Å²) < 4.78 is 18.7. The highest BCUT2D eigenvalue weighted by atomic mass is 19.1. The summed E-state index contributed by atoms with van der Waals surface area (Å²) >= 11 is 0. The molecule has 5 heteroatoms. The molecule has 0 bridgehead atoms. The normalized spacial score (nSPS) is 10.9. The molecule has 0 aliphatic carbocycles. The predicted molar refractivity (Wildman–Crippen MR) is 69.6 cm³/mol. The summed E-state index contributed by atoms with van der Waals surface area (Å²) in [6, 6.07) is 4.16. The van der Waals surface area contributed by atoms with E-state index < -0.39 is 0 Å². The van der Waals surface area contributed by atoms with Crippen molar-refractivity contribution in [3.63, 3.8) is 0 Å². The third-order valence-electron chi connectivity index (χ3n) is 3.13. The number of aliphatic hydroxyl groups excluding tert-OH is 1. The lowest BCUT2D eigenvalue weighted by atomic mass is 10.1. The largest absolute Gasteiger partial charge is 0.451 e. The molecule has 4 nitrogen and oxygen atoms in total. The first-order valence-corrected chi connectivity index (χ1v) is 6.17. The van der Waals surface area contributed by atoms with E-state index in [1.807, 2.05) is 6.92 Å². The second kappa shape index (κ2) is 5.40. The van der Waals surface area contributed by atoms with Crippen LogP contribution >= 0.6 is 0 Å². The molecule has 0 saturated heterocycles. The van der Waals surface area contributed by atoms with E-state index in [9.17, 15) is 9.18 Å². The van der Waals surface area contributed by atoms with Crippen molar-refractivity contribution in [3.8, 4) is 0 Å². The van der Waals surface area contributed by atoms with E-state index in [4.69, 9.17) is 9.52 Å². The Balaban J connectivity index is 2.45. The third kappa shape index (κ3) is 2.46. The van der Waals surface area contributed by atoms with E-state index in [2.05, 4.69) is 0 Å². The van der Waals surface area contributed by atoms with E-state index in [0.29, 0.717) is 23.1 Å².